The molecule has 1 atom stereocenters. The van der Waals surface area contributed by atoms with E-state index in [9.17, 15) is 0 Å². The standard InChI is InChI=1S/C15H20P.C10H15.2ClH.Zr/c1-11(2)16(12(3)4)15-9-13-7-5-6-8-14(13)10-15;1-3-4-7-10-8-5-6-9(10)2;;;/h5-12H,1-4H3;6H,3-5,7H2,1-2H3;2*1H;/q;;;;+2/p-2. The quantitative estimate of drug-likeness (QED) is 0.455. The van der Waals surface area contributed by atoms with E-state index in [4.69, 9.17) is 0 Å². The summed E-state index contributed by atoms with van der Waals surface area (Å²) in [6.07, 6.45) is 10.3. The minimum Gasteiger partial charge on any atom is -1.00 e. The van der Waals surface area contributed by atoms with Crippen molar-refractivity contribution in [1.82, 2.24) is 0 Å². The van der Waals surface area contributed by atoms with Crippen LogP contribution in [0.3, 0.4) is 0 Å². The van der Waals surface area contributed by atoms with Crippen molar-refractivity contribution in [3.63, 3.8) is 0 Å². The molecule has 3 rings (SSSR count). The summed E-state index contributed by atoms with van der Waals surface area (Å²) in [4.78, 5) is 0. The molecule has 2 aliphatic carbocycles. The second-order valence-corrected chi connectivity index (χ2v) is 15.5. The average Bonchev–Trinajstić information content (AvgIpc) is 3.14. The first-order chi connectivity index (χ1) is 12.9. The van der Waals surface area contributed by atoms with Crippen LogP contribution in [0, 0.1) is 0 Å². The first-order valence-corrected chi connectivity index (χ1v) is 14.8. The molecule has 0 saturated heterocycles. The number of hydrogen-bond acceptors (Lipinski definition) is 0. The Morgan fingerprint density at radius 1 is 1.07 bits per heavy atom. The van der Waals surface area contributed by atoms with Crippen molar-refractivity contribution < 1.29 is 48.0 Å². The zero-order valence-corrected chi connectivity index (χ0v) is 23.6. The second kappa shape index (κ2) is 12.4. The first kappa shape index (κ1) is 27.4. The molecule has 158 valence electrons. The van der Waals surface area contributed by atoms with Crippen LogP contribution in [-0.2, 0) is 23.2 Å². The van der Waals surface area contributed by atoms with Crippen LogP contribution in [0.15, 0.2) is 50.1 Å². The molecule has 29 heavy (non-hydrogen) atoms. The van der Waals surface area contributed by atoms with E-state index in [0.29, 0.717) is 0 Å². The van der Waals surface area contributed by atoms with Gasteiger partial charge in [0.2, 0.25) is 0 Å². The minimum atomic E-state index is -0.680. The number of fused-ring (bicyclic) bond motifs is 1. The van der Waals surface area contributed by atoms with Crippen LogP contribution < -0.4 is 24.8 Å². The van der Waals surface area contributed by atoms with Gasteiger partial charge in [-0.05, 0) is 0 Å². The monoisotopic (exact) mass is 526 g/mol. The average molecular weight is 529 g/mol. The van der Waals surface area contributed by atoms with Gasteiger partial charge >= 0.3 is 181 Å². The van der Waals surface area contributed by atoms with Gasteiger partial charge in [0.25, 0.3) is 0 Å². The van der Waals surface area contributed by atoms with Crippen molar-refractivity contribution in [3.8, 4) is 0 Å². The molecule has 0 nitrogen and oxygen atoms in total. The summed E-state index contributed by atoms with van der Waals surface area (Å²) in [5.74, 6) is 0. The van der Waals surface area contributed by atoms with Crippen molar-refractivity contribution >= 4 is 14.0 Å². The number of rotatable bonds is 8. The third-order valence-corrected chi connectivity index (χ3v) is 14.0. The second-order valence-electron chi connectivity index (χ2n) is 8.52. The molecule has 0 fully saturated rings. The molecule has 0 amide bonds. The topological polar surface area (TPSA) is 0 Å². The number of hydrogen-bond donors (Lipinski definition) is 0. The van der Waals surface area contributed by atoms with Crippen molar-refractivity contribution in [1.29, 1.82) is 0 Å². The minimum absolute atomic E-state index is 0. The fourth-order valence-electron chi connectivity index (χ4n) is 4.64. The molecule has 0 radical (unpaired) electrons. The molecule has 0 saturated carbocycles. The van der Waals surface area contributed by atoms with Crippen LogP contribution in [0.4, 0.5) is 0 Å². The Kier molecular flexibility index (Phi) is 11.7. The van der Waals surface area contributed by atoms with E-state index in [1.807, 2.05) is 8.60 Å². The van der Waals surface area contributed by atoms with Crippen molar-refractivity contribution in [2.75, 3.05) is 0 Å². The summed E-state index contributed by atoms with van der Waals surface area (Å²) in [6, 6.07) is 9.27. The van der Waals surface area contributed by atoms with E-state index in [2.05, 4.69) is 78.0 Å². The summed E-state index contributed by atoms with van der Waals surface area (Å²) in [6.45, 7) is 14.5. The predicted octanol–water partition coefficient (Wildman–Crippen LogP) is 2.27. The zero-order chi connectivity index (χ0) is 19.6. The van der Waals surface area contributed by atoms with E-state index < -0.39 is 23.2 Å². The fourth-order valence-corrected chi connectivity index (χ4v) is 13.4. The smallest absolute Gasteiger partial charge is 1.00 e. The Morgan fingerprint density at radius 2 is 1.72 bits per heavy atom. The van der Waals surface area contributed by atoms with Crippen LogP contribution in [0.1, 0.15) is 82.0 Å². The van der Waals surface area contributed by atoms with Crippen LogP contribution >= 0.6 is 7.92 Å². The van der Waals surface area contributed by atoms with Gasteiger partial charge in [0.05, 0.1) is 0 Å². The molecule has 0 aromatic heterocycles. The SMILES string of the molecule is CCCCC1=[C]([Zr+2][CH]2C(P(C(C)C)C(C)C)=Cc3ccccc32)CC=C1C.[Cl-].[Cl-]. The van der Waals surface area contributed by atoms with Gasteiger partial charge < -0.3 is 24.8 Å². The van der Waals surface area contributed by atoms with Crippen molar-refractivity contribution in [2.24, 2.45) is 0 Å². The van der Waals surface area contributed by atoms with E-state index in [1.165, 1.54) is 31.2 Å². The van der Waals surface area contributed by atoms with E-state index in [1.54, 1.807) is 16.7 Å². The fraction of sp³-hybridized carbons (Fsp3) is 0.520. The third-order valence-electron chi connectivity index (χ3n) is 5.87. The summed E-state index contributed by atoms with van der Waals surface area (Å²) in [5.41, 5.74) is 8.07. The third kappa shape index (κ3) is 6.19. The van der Waals surface area contributed by atoms with E-state index in [0.717, 1.165) is 14.9 Å². The van der Waals surface area contributed by atoms with Crippen LogP contribution in [0.5, 0.6) is 0 Å². The maximum Gasteiger partial charge on any atom is -1.00 e. The molecule has 0 aliphatic heterocycles. The van der Waals surface area contributed by atoms with Gasteiger partial charge in [-0.1, -0.05) is 0 Å². The number of benzene rings is 1. The Labute approximate surface area is 204 Å². The van der Waals surface area contributed by atoms with Crippen molar-refractivity contribution in [2.45, 2.75) is 82.2 Å². The van der Waals surface area contributed by atoms with Crippen molar-refractivity contribution in [3.05, 3.63) is 61.2 Å². The normalized spacial score (nSPS) is 17.8. The predicted molar refractivity (Wildman–Crippen MR) is 119 cm³/mol. The van der Waals surface area contributed by atoms with Gasteiger partial charge in [-0.15, -0.1) is 0 Å². The molecule has 1 aromatic carbocycles. The molecule has 1 unspecified atom stereocenters. The molecule has 0 bridgehead atoms. The molecular formula is C25H35Cl2PZr. The van der Waals surface area contributed by atoms with Gasteiger partial charge in [0.1, 0.15) is 0 Å². The summed E-state index contributed by atoms with van der Waals surface area (Å²) in [7, 11) is -0.0579. The summed E-state index contributed by atoms with van der Waals surface area (Å²) < 4.78 is 2.66. The van der Waals surface area contributed by atoms with Crippen LogP contribution in [0.2, 0.25) is 0 Å². The molecule has 0 N–H and O–H groups in total. The summed E-state index contributed by atoms with van der Waals surface area (Å²) in [5, 5.41) is 1.83. The Hall–Kier alpha value is 0.333. The molecule has 4 heteroatoms. The van der Waals surface area contributed by atoms with Gasteiger partial charge in [-0.25, -0.2) is 0 Å². The van der Waals surface area contributed by atoms with E-state index in [-0.39, 0.29) is 32.7 Å². The number of allylic oxidation sites excluding steroid dienone is 5. The van der Waals surface area contributed by atoms with Crippen LogP contribution in [0.25, 0.3) is 6.08 Å². The first-order valence-electron chi connectivity index (χ1n) is 10.7. The van der Waals surface area contributed by atoms with Gasteiger partial charge in [0.15, 0.2) is 0 Å². The summed E-state index contributed by atoms with van der Waals surface area (Å²) >= 11 is -0.680. The Morgan fingerprint density at radius 3 is 2.34 bits per heavy atom. The molecule has 1 aromatic rings. The molecule has 0 spiro atoms. The largest absolute Gasteiger partial charge is 1.00 e. The number of unbranched alkanes of at least 4 members (excludes halogenated alkanes) is 1. The number of halogens is 2. The van der Waals surface area contributed by atoms with Gasteiger partial charge in [-0.3, -0.25) is 0 Å². The molecule has 2 aliphatic rings. The molecular weight excluding hydrogens is 493 g/mol. The maximum absolute atomic E-state index is 2.61. The maximum atomic E-state index is 2.61. The molecule has 0 heterocycles. The zero-order valence-electron chi connectivity index (χ0n) is 18.7. The van der Waals surface area contributed by atoms with Gasteiger partial charge in [-0.2, -0.15) is 0 Å². The van der Waals surface area contributed by atoms with Crippen LogP contribution in [-0.4, -0.2) is 11.3 Å². The van der Waals surface area contributed by atoms with E-state index >= 15 is 0 Å². The Balaban J connectivity index is 0.00000210. The van der Waals surface area contributed by atoms with Gasteiger partial charge in [0, 0.05) is 0 Å². The Bertz CT molecular complexity index is 769.